The molecule has 0 aromatic heterocycles. The van der Waals surface area contributed by atoms with Gasteiger partial charge in [-0.2, -0.15) is 0 Å². The third-order valence-corrected chi connectivity index (χ3v) is 6.68. The van der Waals surface area contributed by atoms with Gasteiger partial charge in [-0.1, -0.05) is 35.3 Å². The predicted octanol–water partition coefficient (Wildman–Crippen LogP) is 3.81. The number of amides is 1. The van der Waals surface area contributed by atoms with E-state index in [9.17, 15) is 13.2 Å². The second-order valence-electron chi connectivity index (χ2n) is 7.76. The average molecular weight is 485 g/mol. The molecule has 1 heterocycles. The first-order chi connectivity index (χ1) is 14.7. The molecule has 1 aliphatic rings. The van der Waals surface area contributed by atoms with E-state index in [1.54, 1.807) is 36.4 Å². The number of nitrogens with zero attached hydrogens (tertiary/aromatic N) is 1. The van der Waals surface area contributed by atoms with E-state index in [2.05, 4.69) is 10.2 Å². The van der Waals surface area contributed by atoms with Gasteiger partial charge in [-0.05, 0) is 42.7 Å². The molecule has 0 saturated carbocycles. The Balaban J connectivity index is 1.37. The Kier molecular flexibility index (Phi) is 8.22. The molecule has 168 valence electrons. The van der Waals surface area contributed by atoms with Crippen LogP contribution in [-0.4, -0.2) is 57.8 Å². The summed E-state index contributed by atoms with van der Waals surface area (Å²) in [6.45, 7) is 3.09. The molecule has 1 aliphatic heterocycles. The van der Waals surface area contributed by atoms with Crippen molar-refractivity contribution in [3.63, 3.8) is 0 Å². The van der Waals surface area contributed by atoms with Crippen molar-refractivity contribution >= 4 is 38.9 Å². The molecule has 1 saturated heterocycles. The minimum atomic E-state index is -3.09. The fraction of sp³-hybridized carbons (Fsp3) is 0.409. The zero-order valence-electron chi connectivity index (χ0n) is 17.3. The molecule has 0 bridgehead atoms. The summed E-state index contributed by atoms with van der Waals surface area (Å²) >= 11 is 12.0. The molecular weight excluding hydrogens is 459 g/mol. The minimum absolute atomic E-state index is 0.0281. The first kappa shape index (κ1) is 23.9. The van der Waals surface area contributed by atoms with E-state index in [1.165, 1.54) is 6.26 Å². The lowest BCUT2D eigenvalue weighted by molar-refractivity contribution is 0.0905. The van der Waals surface area contributed by atoms with Crippen LogP contribution in [-0.2, 0) is 15.6 Å². The van der Waals surface area contributed by atoms with Crippen LogP contribution >= 0.6 is 23.2 Å². The lowest BCUT2D eigenvalue weighted by Gasteiger charge is -2.32. The van der Waals surface area contributed by atoms with E-state index in [0.29, 0.717) is 27.7 Å². The molecule has 2 aromatic rings. The Hall–Kier alpha value is -1.80. The molecule has 0 atom stereocenters. The third kappa shape index (κ3) is 7.68. The number of rotatable bonds is 8. The normalized spacial score (nSPS) is 15.6. The van der Waals surface area contributed by atoms with Gasteiger partial charge in [0.05, 0.1) is 15.8 Å². The van der Waals surface area contributed by atoms with E-state index in [4.69, 9.17) is 27.9 Å². The van der Waals surface area contributed by atoms with Gasteiger partial charge in [-0.25, -0.2) is 8.42 Å². The monoisotopic (exact) mass is 484 g/mol. The zero-order chi connectivity index (χ0) is 22.4. The van der Waals surface area contributed by atoms with Gasteiger partial charge in [0, 0.05) is 44.1 Å². The van der Waals surface area contributed by atoms with Gasteiger partial charge in [-0.15, -0.1) is 0 Å². The van der Waals surface area contributed by atoms with Crippen molar-refractivity contribution < 1.29 is 17.9 Å². The van der Waals surface area contributed by atoms with Crippen molar-refractivity contribution in [1.82, 2.24) is 10.2 Å². The molecule has 1 N–H and O–H groups in total. The zero-order valence-corrected chi connectivity index (χ0v) is 19.6. The number of carbonyl (C=O) groups excluding carboxylic acids is 1. The highest BCUT2D eigenvalue weighted by atomic mass is 35.5. The summed E-state index contributed by atoms with van der Waals surface area (Å²) < 4.78 is 28.7. The topological polar surface area (TPSA) is 75.7 Å². The van der Waals surface area contributed by atoms with Crippen molar-refractivity contribution in [2.24, 2.45) is 0 Å². The van der Waals surface area contributed by atoms with Crippen LogP contribution in [0.25, 0.3) is 0 Å². The number of hydrogen-bond acceptors (Lipinski definition) is 5. The smallest absolute Gasteiger partial charge is 0.251 e. The minimum Gasteiger partial charge on any atom is -0.490 e. The van der Waals surface area contributed by atoms with Gasteiger partial charge in [-0.3, -0.25) is 4.79 Å². The number of likely N-dealkylation sites (tertiary alicyclic amines) is 1. The fourth-order valence-electron chi connectivity index (χ4n) is 3.48. The summed E-state index contributed by atoms with van der Waals surface area (Å²) in [5.74, 6) is 0.533. The molecule has 0 radical (unpaired) electrons. The molecule has 31 heavy (non-hydrogen) atoms. The Bertz CT molecular complexity index is 1000. The van der Waals surface area contributed by atoms with Gasteiger partial charge in [0.1, 0.15) is 11.9 Å². The number of ether oxygens (including phenoxy) is 1. The van der Waals surface area contributed by atoms with Crippen LogP contribution in [0, 0.1) is 0 Å². The van der Waals surface area contributed by atoms with E-state index in [-0.39, 0.29) is 17.8 Å². The lowest BCUT2D eigenvalue weighted by Crippen LogP contribution is -2.42. The Labute approximate surface area is 193 Å². The molecule has 0 aliphatic carbocycles. The molecule has 3 rings (SSSR count). The highest BCUT2D eigenvalue weighted by Crippen LogP contribution is 2.28. The highest BCUT2D eigenvalue weighted by molar-refractivity contribution is 7.89. The molecular formula is C22H26Cl2N2O4S. The second kappa shape index (κ2) is 10.7. The third-order valence-electron chi connectivity index (χ3n) is 5.09. The largest absolute Gasteiger partial charge is 0.490 e. The number of benzene rings is 2. The molecule has 6 nitrogen and oxygen atoms in total. The highest BCUT2D eigenvalue weighted by Gasteiger charge is 2.20. The number of hydrogen-bond donors (Lipinski definition) is 1. The van der Waals surface area contributed by atoms with Gasteiger partial charge in [0.15, 0.2) is 9.84 Å². The quantitative estimate of drug-likeness (QED) is 0.616. The maximum Gasteiger partial charge on any atom is 0.251 e. The fourth-order valence-corrected chi connectivity index (χ4v) is 4.56. The van der Waals surface area contributed by atoms with E-state index >= 15 is 0 Å². The Morgan fingerprint density at radius 3 is 2.39 bits per heavy atom. The van der Waals surface area contributed by atoms with Crippen LogP contribution in [0.3, 0.4) is 0 Å². The summed E-state index contributed by atoms with van der Waals surface area (Å²) in [6, 6.07) is 12.0. The lowest BCUT2D eigenvalue weighted by atomic mass is 10.1. The summed E-state index contributed by atoms with van der Waals surface area (Å²) in [5.41, 5.74) is 1.19. The van der Waals surface area contributed by atoms with Crippen molar-refractivity contribution in [3.8, 4) is 5.75 Å². The maximum atomic E-state index is 12.3. The molecule has 9 heteroatoms. The van der Waals surface area contributed by atoms with Gasteiger partial charge >= 0.3 is 0 Å². The molecule has 1 amide bonds. The molecule has 2 aromatic carbocycles. The summed E-state index contributed by atoms with van der Waals surface area (Å²) in [5, 5.41) is 3.91. The first-order valence-electron chi connectivity index (χ1n) is 10.1. The summed E-state index contributed by atoms with van der Waals surface area (Å²) in [7, 11) is -3.09. The summed E-state index contributed by atoms with van der Waals surface area (Å²) in [4.78, 5) is 14.6. The van der Waals surface area contributed by atoms with Crippen LogP contribution < -0.4 is 10.1 Å². The van der Waals surface area contributed by atoms with Crippen molar-refractivity contribution in [3.05, 3.63) is 63.6 Å². The van der Waals surface area contributed by atoms with Crippen molar-refractivity contribution in [2.75, 3.05) is 32.4 Å². The molecule has 0 unspecified atom stereocenters. The van der Waals surface area contributed by atoms with Gasteiger partial charge in [0.2, 0.25) is 0 Å². The number of halogens is 2. The number of piperidine rings is 1. The van der Waals surface area contributed by atoms with Gasteiger partial charge < -0.3 is 15.0 Å². The second-order valence-corrected chi connectivity index (χ2v) is 10.7. The number of carbonyl (C=O) groups is 1. The SMILES string of the molecule is CS(=O)(=O)Cc1ccc(C(=O)NCCN2CCC(Oc3ccc(Cl)c(Cl)c3)CC2)cc1. The average Bonchev–Trinajstić information content (AvgIpc) is 2.71. The first-order valence-corrected chi connectivity index (χ1v) is 12.9. The Morgan fingerprint density at radius 2 is 1.77 bits per heavy atom. The summed E-state index contributed by atoms with van der Waals surface area (Å²) in [6.07, 6.45) is 3.12. The van der Waals surface area contributed by atoms with Gasteiger partial charge in [0.25, 0.3) is 5.91 Å². The predicted molar refractivity (Wildman–Crippen MR) is 124 cm³/mol. The molecule has 0 spiro atoms. The van der Waals surface area contributed by atoms with E-state index < -0.39 is 9.84 Å². The van der Waals surface area contributed by atoms with Crippen LogP contribution in [0.1, 0.15) is 28.8 Å². The Morgan fingerprint density at radius 1 is 1.10 bits per heavy atom. The van der Waals surface area contributed by atoms with Crippen LogP contribution in [0.5, 0.6) is 5.75 Å². The van der Waals surface area contributed by atoms with Crippen LogP contribution in [0.4, 0.5) is 0 Å². The molecule has 1 fully saturated rings. The number of nitrogens with one attached hydrogen (secondary N) is 1. The van der Waals surface area contributed by atoms with Crippen molar-refractivity contribution in [1.29, 1.82) is 0 Å². The standard InChI is InChI=1S/C22H26Cl2N2O4S/c1-31(28,29)15-16-2-4-17(5-3-16)22(27)25-10-13-26-11-8-18(9-12-26)30-19-6-7-20(23)21(24)14-19/h2-7,14,18H,8-13,15H2,1H3,(H,25,27). The van der Waals surface area contributed by atoms with E-state index in [1.807, 2.05) is 6.07 Å². The van der Waals surface area contributed by atoms with Crippen LogP contribution in [0.15, 0.2) is 42.5 Å². The van der Waals surface area contributed by atoms with E-state index in [0.717, 1.165) is 38.2 Å². The maximum absolute atomic E-state index is 12.3. The van der Waals surface area contributed by atoms with Crippen LogP contribution in [0.2, 0.25) is 10.0 Å². The van der Waals surface area contributed by atoms with Crippen molar-refractivity contribution in [2.45, 2.75) is 24.7 Å². The number of sulfone groups is 1.